The van der Waals surface area contributed by atoms with Gasteiger partial charge in [-0.2, -0.15) is 0 Å². The molecule has 0 spiro atoms. The minimum atomic E-state index is -0.490. The van der Waals surface area contributed by atoms with Gasteiger partial charge in [0.15, 0.2) is 5.96 Å². The van der Waals surface area contributed by atoms with Crippen molar-refractivity contribution >= 4 is 42.0 Å². The highest BCUT2D eigenvalue weighted by molar-refractivity contribution is 14.0. The van der Waals surface area contributed by atoms with Crippen LogP contribution >= 0.6 is 24.0 Å². The van der Waals surface area contributed by atoms with Crippen molar-refractivity contribution in [3.63, 3.8) is 0 Å². The minimum absolute atomic E-state index is 0. The smallest absolute Gasteiger partial charge is 0.410 e. The molecule has 1 saturated heterocycles. The van der Waals surface area contributed by atoms with Crippen molar-refractivity contribution in [2.45, 2.75) is 33.3 Å². The highest BCUT2D eigenvalue weighted by Crippen LogP contribution is 2.11. The summed E-state index contributed by atoms with van der Waals surface area (Å²) in [6.45, 7) is 12.7. The van der Waals surface area contributed by atoms with Crippen molar-refractivity contribution in [2.24, 2.45) is 4.99 Å². The van der Waals surface area contributed by atoms with Gasteiger partial charge >= 0.3 is 6.09 Å². The summed E-state index contributed by atoms with van der Waals surface area (Å²) in [5.74, 6) is 1.61. The number of carbonyl (C=O) groups excluding carboxylic acids is 1. The molecule has 1 amide bonds. The number of carbonyl (C=O) groups is 1. The normalized spacial score (nSPS) is 14.9. The summed E-state index contributed by atoms with van der Waals surface area (Å²) < 4.78 is 5.45. The van der Waals surface area contributed by atoms with Gasteiger partial charge in [0, 0.05) is 65.3 Å². The van der Waals surface area contributed by atoms with Crippen LogP contribution in [0.3, 0.4) is 0 Å². The second-order valence-electron chi connectivity index (χ2n) is 7.56. The summed E-state index contributed by atoms with van der Waals surface area (Å²) in [4.78, 5) is 31.3. The van der Waals surface area contributed by atoms with Crippen LogP contribution in [0.15, 0.2) is 23.5 Å². The number of aliphatic imine (C=N–C) groups is 1. The van der Waals surface area contributed by atoms with Crippen LogP contribution in [-0.2, 0) is 4.74 Å². The first-order valence-corrected chi connectivity index (χ1v) is 9.79. The van der Waals surface area contributed by atoms with E-state index in [0.29, 0.717) is 19.6 Å². The van der Waals surface area contributed by atoms with Crippen LogP contribution in [0.2, 0.25) is 0 Å². The summed E-state index contributed by atoms with van der Waals surface area (Å²) in [7, 11) is 1.78. The first kappa shape index (κ1) is 25.2. The van der Waals surface area contributed by atoms with Crippen molar-refractivity contribution in [1.29, 1.82) is 0 Å². The molecule has 9 nitrogen and oxygen atoms in total. The third kappa shape index (κ3) is 8.19. The van der Waals surface area contributed by atoms with E-state index in [0.717, 1.165) is 38.1 Å². The molecule has 1 aliphatic rings. The number of guanidine groups is 1. The van der Waals surface area contributed by atoms with Crippen LogP contribution < -0.4 is 10.2 Å². The zero-order valence-corrected chi connectivity index (χ0v) is 20.4. The summed E-state index contributed by atoms with van der Waals surface area (Å²) >= 11 is 0. The van der Waals surface area contributed by atoms with Crippen LogP contribution in [0, 0.1) is 0 Å². The van der Waals surface area contributed by atoms with Crippen LogP contribution in [0.5, 0.6) is 0 Å². The molecule has 0 unspecified atom stereocenters. The number of hydrogen-bond acceptors (Lipinski definition) is 6. The van der Waals surface area contributed by atoms with Crippen LogP contribution in [-0.4, -0.2) is 90.3 Å². The van der Waals surface area contributed by atoms with Gasteiger partial charge in [-0.15, -0.1) is 24.0 Å². The van der Waals surface area contributed by atoms with Gasteiger partial charge in [-0.1, -0.05) is 0 Å². The number of hydrogen-bond donors (Lipinski definition) is 1. The largest absolute Gasteiger partial charge is 0.444 e. The number of likely N-dealkylation sites (N-methyl/N-ethyl adjacent to an activating group) is 1. The van der Waals surface area contributed by atoms with Crippen LogP contribution in [0.25, 0.3) is 0 Å². The fraction of sp³-hybridized carbons (Fsp3) is 0.684. The highest BCUT2D eigenvalue weighted by Gasteiger charge is 2.23. The highest BCUT2D eigenvalue weighted by atomic mass is 127. The van der Waals surface area contributed by atoms with E-state index >= 15 is 0 Å². The van der Waals surface area contributed by atoms with E-state index in [1.54, 1.807) is 24.3 Å². The monoisotopic (exact) mass is 519 g/mol. The molecule has 2 heterocycles. The number of rotatable bonds is 5. The van der Waals surface area contributed by atoms with E-state index < -0.39 is 5.60 Å². The van der Waals surface area contributed by atoms with E-state index in [-0.39, 0.29) is 30.1 Å². The molecule has 2 rings (SSSR count). The summed E-state index contributed by atoms with van der Waals surface area (Å²) in [5.41, 5.74) is -0.490. The van der Waals surface area contributed by atoms with Crippen molar-refractivity contribution < 1.29 is 9.53 Å². The van der Waals surface area contributed by atoms with Gasteiger partial charge in [-0.25, -0.2) is 14.8 Å². The molecule has 1 fully saturated rings. The molecule has 1 aromatic heterocycles. The van der Waals surface area contributed by atoms with E-state index in [2.05, 4.69) is 30.1 Å². The molecule has 164 valence electrons. The van der Waals surface area contributed by atoms with E-state index in [9.17, 15) is 4.79 Å². The van der Waals surface area contributed by atoms with Crippen molar-refractivity contribution in [3.8, 4) is 0 Å². The second-order valence-corrected chi connectivity index (χ2v) is 7.56. The quantitative estimate of drug-likeness (QED) is 0.362. The molecule has 0 aliphatic carbocycles. The number of anilines is 1. The van der Waals surface area contributed by atoms with Crippen molar-refractivity contribution in [3.05, 3.63) is 18.5 Å². The van der Waals surface area contributed by atoms with Crippen LogP contribution in [0.1, 0.15) is 27.7 Å². The number of piperazine rings is 1. The number of ether oxygens (including phenoxy) is 1. The lowest BCUT2D eigenvalue weighted by Crippen LogP contribution is -2.53. The Labute approximate surface area is 190 Å². The van der Waals surface area contributed by atoms with Gasteiger partial charge in [-0.3, -0.25) is 4.99 Å². The van der Waals surface area contributed by atoms with E-state index in [4.69, 9.17) is 4.74 Å². The predicted octanol–water partition coefficient (Wildman–Crippen LogP) is 2.05. The Morgan fingerprint density at radius 2 is 1.86 bits per heavy atom. The zero-order valence-electron chi connectivity index (χ0n) is 18.1. The maximum Gasteiger partial charge on any atom is 0.410 e. The number of aromatic nitrogens is 2. The average molecular weight is 519 g/mol. The summed E-state index contributed by atoms with van der Waals surface area (Å²) in [5, 5.41) is 3.35. The Morgan fingerprint density at radius 1 is 1.24 bits per heavy atom. The molecule has 0 radical (unpaired) electrons. The fourth-order valence-electron chi connectivity index (χ4n) is 2.91. The Hall–Kier alpha value is -1.85. The molecule has 1 N–H and O–H groups in total. The molecule has 29 heavy (non-hydrogen) atoms. The predicted molar refractivity (Wildman–Crippen MR) is 126 cm³/mol. The lowest BCUT2D eigenvalue weighted by Gasteiger charge is -2.36. The second kappa shape index (κ2) is 12.0. The van der Waals surface area contributed by atoms with Crippen molar-refractivity contribution in [1.82, 2.24) is 25.1 Å². The average Bonchev–Trinajstić information content (AvgIpc) is 2.68. The Bertz CT molecular complexity index is 644. The molecule has 0 aromatic carbocycles. The topological polar surface area (TPSA) is 86.2 Å². The maximum atomic E-state index is 12.2. The SMILES string of the molecule is CCN(CCNC(=NC)N1CCN(c2ncccn2)CC1)C(=O)OC(C)(C)C.I. The first-order chi connectivity index (χ1) is 13.3. The van der Waals surface area contributed by atoms with Gasteiger partial charge < -0.3 is 24.8 Å². The zero-order chi connectivity index (χ0) is 20.6. The Kier molecular flexibility index (Phi) is 10.4. The number of amides is 1. The van der Waals surface area contributed by atoms with Gasteiger partial charge in [-0.05, 0) is 33.8 Å². The molecule has 1 aromatic rings. The number of halogens is 1. The summed E-state index contributed by atoms with van der Waals surface area (Å²) in [6.07, 6.45) is 3.24. The Balaban J connectivity index is 0.00000420. The molecular formula is C19H34IN7O2. The Morgan fingerprint density at radius 3 is 2.38 bits per heavy atom. The molecule has 0 atom stereocenters. The number of nitrogens with zero attached hydrogens (tertiary/aromatic N) is 6. The fourth-order valence-corrected chi connectivity index (χ4v) is 2.91. The van der Waals surface area contributed by atoms with Gasteiger partial charge in [0.25, 0.3) is 0 Å². The third-order valence-electron chi connectivity index (χ3n) is 4.32. The molecular weight excluding hydrogens is 485 g/mol. The number of nitrogens with one attached hydrogen (secondary N) is 1. The van der Waals surface area contributed by atoms with Gasteiger partial charge in [0.1, 0.15) is 5.60 Å². The molecule has 10 heteroatoms. The maximum absolute atomic E-state index is 12.2. The lowest BCUT2D eigenvalue weighted by atomic mass is 10.2. The van der Waals surface area contributed by atoms with Crippen molar-refractivity contribution in [2.75, 3.05) is 57.8 Å². The molecule has 0 bridgehead atoms. The summed E-state index contributed by atoms with van der Waals surface area (Å²) in [6, 6.07) is 1.82. The molecule has 0 saturated carbocycles. The first-order valence-electron chi connectivity index (χ1n) is 9.79. The lowest BCUT2D eigenvalue weighted by molar-refractivity contribution is 0.0263. The third-order valence-corrected chi connectivity index (χ3v) is 4.32. The standard InChI is InChI=1S/C19H33N7O2.HI/c1-6-24(18(27)28-19(2,3)4)11-10-23-16(20-5)25-12-14-26(15-13-25)17-21-8-7-9-22-17;/h7-9H,6,10-15H2,1-5H3,(H,20,23);1H. The minimum Gasteiger partial charge on any atom is -0.444 e. The molecule has 1 aliphatic heterocycles. The van der Waals surface area contributed by atoms with E-state index in [1.165, 1.54) is 0 Å². The van der Waals surface area contributed by atoms with Gasteiger partial charge in [0.2, 0.25) is 5.95 Å². The van der Waals surface area contributed by atoms with Gasteiger partial charge in [0.05, 0.1) is 0 Å². The van der Waals surface area contributed by atoms with Crippen LogP contribution in [0.4, 0.5) is 10.7 Å². The van der Waals surface area contributed by atoms with E-state index in [1.807, 2.05) is 33.8 Å².